The second-order valence-electron chi connectivity index (χ2n) is 3.55. The summed E-state index contributed by atoms with van der Waals surface area (Å²) in [5, 5.41) is 8.37. The van der Waals surface area contributed by atoms with Crippen molar-refractivity contribution in [1.82, 2.24) is 4.90 Å². The Balaban J connectivity index is 2.54. The van der Waals surface area contributed by atoms with Crippen LogP contribution in [0.15, 0.2) is 12.2 Å². The summed E-state index contributed by atoms with van der Waals surface area (Å²) in [4.78, 5) is 23.4. The normalized spacial score (nSPS) is 22.6. The van der Waals surface area contributed by atoms with Crippen LogP contribution in [-0.4, -0.2) is 34.5 Å². The Morgan fingerprint density at radius 1 is 1.36 bits per heavy atom. The lowest BCUT2D eigenvalue weighted by atomic mass is 10.0. The maximum absolute atomic E-state index is 11.5. The van der Waals surface area contributed by atoms with Crippen molar-refractivity contribution in [3.8, 4) is 0 Å². The van der Waals surface area contributed by atoms with E-state index in [1.807, 2.05) is 6.92 Å². The molecule has 0 saturated carbocycles. The molecule has 0 aromatic carbocycles. The van der Waals surface area contributed by atoms with Gasteiger partial charge < -0.3 is 10.0 Å². The number of carboxylic acids is 1. The number of hydrogen-bond acceptors (Lipinski definition) is 2. The molecule has 0 radical (unpaired) electrons. The molecule has 1 heterocycles. The van der Waals surface area contributed by atoms with Gasteiger partial charge >= 0.3 is 5.97 Å². The van der Waals surface area contributed by atoms with Gasteiger partial charge in [-0.1, -0.05) is 0 Å². The van der Waals surface area contributed by atoms with E-state index < -0.39 is 5.97 Å². The van der Waals surface area contributed by atoms with Crippen LogP contribution in [0, 0.1) is 0 Å². The van der Waals surface area contributed by atoms with Gasteiger partial charge in [0.2, 0.25) is 5.91 Å². The Hall–Kier alpha value is -1.32. The number of rotatable bonds is 2. The van der Waals surface area contributed by atoms with Crippen LogP contribution in [0.2, 0.25) is 0 Å². The summed E-state index contributed by atoms with van der Waals surface area (Å²) in [5.74, 6) is -1.28. The molecule has 0 unspecified atom stereocenters. The van der Waals surface area contributed by atoms with Crippen molar-refractivity contribution >= 4 is 11.9 Å². The Morgan fingerprint density at radius 3 is 2.64 bits per heavy atom. The van der Waals surface area contributed by atoms with Crippen molar-refractivity contribution < 1.29 is 14.7 Å². The van der Waals surface area contributed by atoms with Crippen molar-refractivity contribution in [1.29, 1.82) is 0 Å². The van der Waals surface area contributed by atoms with Crippen LogP contribution < -0.4 is 0 Å². The van der Waals surface area contributed by atoms with Gasteiger partial charge in [0.15, 0.2) is 0 Å². The molecule has 0 aliphatic carbocycles. The Labute approximate surface area is 83.2 Å². The number of carbonyl (C=O) groups excluding carboxylic acids is 1. The molecule has 0 bridgehead atoms. The molecule has 1 amide bonds. The summed E-state index contributed by atoms with van der Waals surface area (Å²) < 4.78 is 0. The molecule has 1 atom stereocenters. The average Bonchev–Trinajstić information content (AvgIpc) is 2.15. The number of carboxylic acid groups (broad SMARTS) is 1. The summed E-state index contributed by atoms with van der Waals surface area (Å²) >= 11 is 0. The van der Waals surface area contributed by atoms with Crippen molar-refractivity contribution in [2.45, 2.75) is 32.2 Å². The second-order valence-corrected chi connectivity index (χ2v) is 3.55. The lowest BCUT2D eigenvalue weighted by molar-refractivity contribution is -0.133. The number of amides is 1. The zero-order valence-corrected chi connectivity index (χ0v) is 8.27. The Morgan fingerprint density at radius 2 is 2.07 bits per heavy atom. The van der Waals surface area contributed by atoms with E-state index in [1.54, 1.807) is 4.90 Å². The molecule has 1 saturated heterocycles. The number of aliphatic carboxylic acids is 1. The summed E-state index contributed by atoms with van der Waals surface area (Å²) in [5.41, 5.74) is 0. The summed E-state index contributed by atoms with van der Waals surface area (Å²) in [6.45, 7) is 2.73. The maximum Gasteiger partial charge on any atom is 0.328 e. The minimum Gasteiger partial charge on any atom is -0.478 e. The molecule has 1 rings (SSSR count). The van der Waals surface area contributed by atoms with Crippen molar-refractivity contribution in [3.05, 3.63) is 12.2 Å². The first-order valence-electron chi connectivity index (χ1n) is 4.83. The van der Waals surface area contributed by atoms with Crippen LogP contribution >= 0.6 is 0 Å². The molecule has 1 N–H and O–H groups in total. The van der Waals surface area contributed by atoms with Crippen molar-refractivity contribution in [3.63, 3.8) is 0 Å². The molecule has 1 aliphatic heterocycles. The average molecular weight is 197 g/mol. The predicted octanol–water partition coefficient (Wildman–Crippen LogP) is 1.03. The van der Waals surface area contributed by atoms with Gasteiger partial charge in [-0.3, -0.25) is 4.79 Å². The molecule has 0 aromatic heterocycles. The Bertz CT molecular complexity index is 260. The third kappa shape index (κ3) is 2.87. The van der Waals surface area contributed by atoms with E-state index >= 15 is 0 Å². The fourth-order valence-electron chi connectivity index (χ4n) is 1.66. The smallest absolute Gasteiger partial charge is 0.328 e. The van der Waals surface area contributed by atoms with Gasteiger partial charge in [-0.15, -0.1) is 0 Å². The van der Waals surface area contributed by atoms with E-state index in [-0.39, 0.29) is 11.9 Å². The van der Waals surface area contributed by atoms with Crippen molar-refractivity contribution in [2.24, 2.45) is 0 Å². The van der Waals surface area contributed by atoms with Crippen molar-refractivity contribution in [2.75, 3.05) is 6.54 Å². The first-order valence-corrected chi connectivity index (χ1v) is 4.83. The monoisotopic (exact) mass is 197 g/mol. The number of piperidine rings is 1. The molecule has 0 aromatic rings. The zero-order chi connectivity index (χ0) is 10.6. The van der Waals surface area contributed by atoms with Gasteiger partial charge in [0.1, 0.15) is 0 Å². The number of carbonyl (C=O) groups is 2. The molecule has 4 heteroatoms. The summed E-state index contributed by atoms with van der Waals surface area (Å²) in [6, 6.07) is 0.231. The first kappa shape index (κ1) is 10.8. The highest BCUT2D eigenvalue weighted by molar-refractivity contribution is 5.94. The molecular weight excluding hydrogens is 182 g/mol. The molecule has 78 valence electrons. The highest BCUT2D eigenvalue weighted by Gasteiger charge is 2.21. The predicted molar refractivity (Wildman–Crippen MR) is 51.8 cm³/mol. The van der Waals surface area contributed by atoms with Crippen LogP contribution in [0.3, 0.4) is 0 Å². The fourth-order valence-corrected chi connectivity index (χ4v) is 1.66. The van der Waals surface area contributed by atoms with Crippen LogP contribution in [0.1, 0.15) is 26.2 Å². The quantitative estimate of drug-likeness (QED) is 0.672. The van der Waals surface area contributed by atoms with E-state index in [4.69, 9.17) is 5.11 Å². The molecule has 4 nitrogen and oxygen atoms in total. The summed E-state index contributed by atoms with van der Waals surface area (Å²) in [7, 11) is 0. The van der Waals surface area contributed by atoms with Crippen LogP contribution in [-0.2, 0) is 9.59 Å². The van der Waals surface area contributed by atoms with E-state index in [0.29, 0.717) is 0 Å². The van der Waals surface area contributed by atoms with E-state index in [2.05, 4.69) is 0 Å². The maximum atomic E-state index is 11.5. The minimum atomic E-state index is -1.08. The van der Waals surface area contributed by atoms with Gasteiger partial charge in [-0.25, -0.2) is 4.79 Å². The number of nitrogens with zero attached hydrogens (tertiary/aromatic N) is 1. The topological polar surface area (TPSA) is 57.6 Å². The van der Waals surface area contributed by atoms with Gasteiger partial charge in [0.05, 0.1) is 0 Å². The second kappa shape index (κ2) is 4.79. The number of hydrogen-bond donors (Lipinski definition) is 1. The lowest BCUT2D eigenvalue weighted by Gasteiger charge is -2.32. The zero-order valence-electron chi connectivity index (χ0n) is 8.27. The Kier molecular flexibility index (Phi) is 3.68. The largest absolute Gasteiger partial charge is 0.478 e. The molecular formula is C10H15NO3. The third-order valence-electron chi connectivity index (χ3n) is 2.45. The lowest BCUT2D eigenvalue weighted by Crippen LogP contribution is -2.41. The third-order valence-corrected chi connectivity index (χ3v) is 2.45. The number of likely N-dealkylation sites (tertiary alicyclic amines) is 1. The van der Waals surface area contributed by atoms with Gasteiger partial charge in [0, 0.05) is 24.7 Å². The summed E-state index contributed by atoms with van der Waals surface area (Å²) in [6.07, 6.45) is 5.19. The first-order chi connectivity index (χ1) is 6.61. The van der Waals surface area contributed by atoms with E-state index in [0.717, 1.165) is 38.0 Å². The van der Waals surface area contributed by atoms with E-state index in [1.165, 1.54) is 0 Å². The van der Waals surface area contributed by atoms with Crippen LogP contribution in [0.5, 0.6) is 0 Å². The molecule has 1 aliphatic rings. The minimum absolute atomic E-state index is 0.195. The van der Waals surface area contributed by atoms with E-state index in [9.17, 15) is 9.59 Å². The highest BCUT2D eigenvalue weighted by Crippen LogP contribution is 2.16. The molecule has 14 heavy (non-hydrogen) atoms. The van der Waals surface area contributed by atoms with Crippen LogP contribution in [0.25, 0.3) is 0 Å². The van der Waals surface area contributed by atoms with Gasteiger partial charge in [-0.2, -0.15) is 0 Å². The highest BCUT2D eigenvalue weighted by atomic mass is 16.4. The van der Waals surface area contributed by atoms with Gasteiger partial charge in [-0.05, 0) is 26.2 Å². The standard InChI is InChI=1S/C10H15NO3/c1-8-4-2-3-7-11(8)9(12)5-6-10(13)14/h5-6,8H,2-4,7H2,1H3,(H,13,14)/b6-5+/t8-/m0/s1. The SMILES string of the molecule is C[C@H]1CCCCN1C(=O)/C=C/C(=O)O. The molecule has 0 spiro atoms. The fraction of sp³-hybridized carbons (Fsp3) is 0.600. The van der Waals surface area contributed by atoms with Crippen LogP contribution in [0.4, 0.5) is 0 Å². The van der Waals surface area contributed by atoms with Gasteiger partial charge in [0.25, 0.3) is 0 Å². The molecule has 1 fully saturated rings.